The zero-order valence-corrected chi connectivity index (χ0v) is 19.9. The molecule has 0 saturated heterocycles. The standard InChI is InChI=1S/C24H19ClF3N3O5/c1-23(2)15-8-7-13(9-17(15)29(3)21(23)35)30-11-14(20(33)34)19(32)31(22(30)36)10-12-5-4-6-16(18(12)25)24(26,27)28/h4-9,11H,10H2,1-3H3,(H,33,34). The van der Waals surface area contributed by atoms with Crippen molar-refractivity contribution < 1.29 is 27.9 Å². The Morgan fingerprint density at radius 2 is 1.78 bits per heavy atom. The molecular weight excluding hydrogens is 503 g/mol. The third-order valence-electron chi connectivity index (χ3n) is 6.25. The molecule has 12 heteroatoms. The monoisotopic (exact) mass is 521 g/mol. The Labute approximate surface area is 206 Å². The van der Waals surface area contributed by atoms with E-state index in [0.717, 1.165) is 22.9 Å². The quantitative estimate of drug-likeness (QED) is 0.564. The highest BCUT2D eigenvalue weighted by atomic mass is 35.5. The van der Waals surface area contributed by atoms with Gasteiger partial charge in [0.15, 0.2) is 0 Å². The number of benzene rings is 2. The first kappa shape index (κ1) is 25.2. The summed E-state index contributed by atoms with van der Waals surface area (Å²) in [6.07, 6.45) is -3.93. The number of carboxylic acid groups (broad SMARTS) is 1. The fourth-order valence-corrected chi connectivity index (χ4v) is 4.58. The number of aromatic carboxylic acids is 1. The fourth-order valence-electron chi connectivity index (χ4n) is 4.28. The van der Waals surface area contributed by atoms with E-state index in [1.165, 1.54) is 23.1 Å². The van der Waals surface area contributed by atoms with Gasteiger partial charge in [-0.05, 0) is 43.2 Å². The smallest absolute Gasteiger partial charge is 0.417 e. The number of anilines is 1. The Balaban J connectivity index is 1.92. The number of carbonyl (C=O) groups is 2. The summed E-state index contributed by atoms with van der Waals surface area (Å²) in [5, 5.41) is 8.86. The molecule has 8 nitrogen and oxygen atoms in total. The normalized spacial score (nSPS) is 14.8. The van der Waals surface area contributed by atoms with Crippen LogP contribution in [0.4, 0.5) is 18.9 Å². The lowest BCUT2D eigenvalue weighted by molar-refractivity contribution is -0.137. The molecule has 1 aromatic heterocycles. The molecule has 0 fully saturated rings. The van der Waals surface area contributed by atoms with E-state index in [0.29, 0.717) is 15.8 Å². The van der Waals surface area contributed by atoms with E-state index in [4.69, 9.17) is 11.6 Å². The van der Waals surface area contributed by atoms with Crippen molar-refractivity contribution in [3.05, 3.63) is 90.7 Å². The second kappa shape index (κ2) is 8.37. The summed E-state index contributed by atoms with van der Waals surface area (Å²) in [7, 11) is 1.56. The number of hydrogen-bond acceptors (Lipinski definition) is 4. The van der Waals surface area contributed by atoms with Gasteiger partial charge >= 0.3 is 17.8 Å². The number of aromatic nitrogens is 2. The van der Waals surface area contributed by atoms with Gasteiger partial charge in [-0.2, -0.15) is 13.2 Å². The van der Waals surface area contributed by atoms with Gasteiger partial charge in [0.05, 0.1) is 28.2 Å². The Kier molecular flexibility index (Phi) is 5.87. The highest BCUT2D eigenvalue weighted by Gasteiger charge is 2.42. The minimum atomic E-state index is -4.77. The zero-order valence-electron chi connectivity index (χ0n) is 19.2. The van der Waals surface area contributed by atoms with E-state index < -0.39 is 51.5 Å². The van der Waals surface area contributed by atoms with Crippen molar-refractivity contribution >= 4 is 29.2 Å². The van der Waals surface area contributed by atoms with Gasteiger partial charge < -0.3 is 10.0 Å². The van der Waals surface area contributed by atoms with Gasteiger partial charge in [0.1, 0.15) is 5.56 Å². The summed E-state index contributed by atoms with van der Waals surface area (Å²) < 4.78 is 41.2. The van der Waals surface area contributed by atoms with Crippen LogP contribution >= 0.6 is 11.6 Å². The molecule has 0 radical (unpaired) electrons. The van der Waals surface area contributed by atoms with Gasteiger partial charge in [0, 0.05) is 18.9 Å². The molecule has 0 unspecified atom stereocenters. The second-order valence-electron chi connectivity index (χ2n) is 8.86. The van der Waals surface area contributed by atoms with Crippen LogP contribution < -0.4 is 16.1 Å². The molecular formula is C24H19ClF3N3O5. The molecule has 0 spiro atoms. The molecule has 1 aliphatic rings. The fraction of sp³-hybridized carbons (Fsp3) is 0.250. The number of rotatable bonds is 4. The number of alkyl halides is 3. The molecule has 1 amide bonds. The Morgan fingerprint density at radius 1 is 1.11 bits per heavy atom. The summed E-state index contributed by atoms with van der Waals surface area (Å²) in [4.78, 5) is 52.0. The third-order valence-corrected chi connectivity index (χ3v) is 6.69. The van der Waals surface area contributed by atoms with Gasteiger partial charge in [-0.1, -0.05) is 29.8 Å². The predicted molar refractivity (Wildman–Crippen MR) is 125 cm³/mol. The van der Waals surface area contributed by atoms with E-state index in [1.807, 2.05) is 0 Å². The van der Waals surface area contributed by atoms with E-state index in [2.05, 4.69) is 0 Å². The SMILES string of the molecule is CN1C(=O)C(C)(C)c2ccc(-n3cc(C(=O)O)c(=O)n(Cc4cccc(C(F)(F)F)c4Cl)c3=O)cc21. The number of halogens is 4. The van der Waals surface area contributed by atoms with Crippen LogP contribution in [0.2, 0.25) is 5.02 Å². The van der Waals surface area contributed by atoms with E-state index in [9.17, 15) is 37.5 Å². The van der Waals surface area contributed by atoms with Crippen LogP contribution in [0.15, 0.2) is 52.2 Å². The zero-order chi connectivity index (χ0) is 26.7. The first-order valence-electron chi connectivity index (χ1n) is 10.5. The van der Waals surface area contributed by atoms with Gasteiger partial charge in [0.25, 0.3) is 5.56 Å². The van der Waals surface area contributed by atoms with Crippen LogP contribution in [0, 0.1) is 0 Å². The summed E-state index contributed by atoms with van der Waals surface area (Å²) in [6.45, 7) is 2.79. The maximum atomic E-state index is 13.3. The third kappa shape index (κ3) is 3.89. The van der Waals surface area contributed by atoms with Gasteiger partial charge in [-0.3, -0.25) is 18.7 Å². The largest absolute Gasteiger partial charge is 0.477 e. The molecule has 0 bridgehead atoms. The van der Waals surface area contributed by atoms with Crippen LogP contribution in [0.5, 0.6) is 0 Å². The molecule has 2 aromatic carbocycles. The summed E-state index contributed by atoms with van der Waals surface area (Å²) in [5.41, 5.74) is -3.81. The van der Waals surface area contributed by atoms with Crippen LogP contribution in [-0.2, 0) is 22.9 Å². The number of carbonyl (C=O) groups excluding carboxylic acids is 1. The molecule has 188 valence electrons. The Bertz CT molecular complexity index is 1560. The molecule has 1 aliphatic heterocycles. The number of fused-ring (bicyclic) bond motifs is 1. The molecule has 1 N–H and O–H groups in total. The van der Waals surface area contributed by atoms with Crippen LogP contribution in [0.1, 0.15) is 40.9 Å². The van der Waals surface area contributed by atoms with Crippen molar-refractivity contribution in [3.63, 3.8) is 0 Å². The van der Waals surface area contributed by atoms with Crippen LogP contribution in [0.25, 0.3) is 5.69 Å². The molecule has 0 aliphatic carbocycles. The van der Waals surface area contributed by atoms with Gasteiger partial charge in [-0.25, -0.2) is 9.59 Å². The molecule has 3 aromatic rings. The highest BCUT2D eigenvalue weighted by molar-refractivity contribution is 6.32. The van der Waals surface area contributed by atoms with Gasteiger partial charge in [0.2, 0.25) is 5.91 Å². The van der Waals surface area contributed by atoms with E-state index in [-0.39, 0.29) is 17.2 Å². The Hall–Kier alpha value is -3.86. The highest BCUT2D eigenvalue weighted by Crippen LogP contribution is 2.41. The lowest BCUT2D eigenvalue weighted by atomic mass is 9.86. The molecule has 4 rings (SSSR count). The van der Waals surface area contributed by atoms with Crippen molar-refractivity contribution in [3.8, 4) is 5.69 Å². The maximum Gasteiger partial charge on any atom is 0.417 e. The Morgan fingerprint density at radius 3 is 2.39 bits per heavy atom. The van der Waals surface area contributed by atoms with E-state index in [1.54, 1.807) is 27.0 Å². The minimum absolute atomic E-state index is 0.155. The number of hydrogen-bond donors (Lipinski definition) is 1. The molecule has 0 saturated carbocycles. The minimum Gasteiger partial charge on any atom is -0.477 e. The van der Waals surface area contributed by atoms with Crippen LogP contribution in [-0.4, -0.2) is 33.2 Å². The molecule has 36 heavy (non-hydrogen) atoms. The van der Waals surface area contributed by atoms with E-state index >= 15 is 0 Å². The molecule has 2 heterocycles. The van der Waals surface area contributed by atoms with Crippen LogP contribution in [0.3, 0.4) is 0 Å². The second-order valence-corrected chi connectivity index (χ2v) is 9.24. The number of likely N-dealkylation sites (N-methyl/N-ethyl adjacent to an activating group) is 1. The summed E-state index contributed by atoms with van der Waals surface area (Å²) >= 11 is 5.93. The number of amides is 1. The maximum absolute atomic E-state index is 13.3. The first-order chi connectivity index (χ1) is 16.7. The van der Waals surface area contributed by atoms with Crippen molar-refractivity contribution in [1.29, 1.82) is 0 Å². The number of carboxylic acids is 1. The predicted octanol–water partition coefficient (Wildman–Crippen LogP) is 3.67. The average molecular weight is 522 g/mol. The topological polar surface area (TPSA) is 102 Å². The van der Waals surface area contributed by atoms with Crippen molar-refractivity contribution in [2.45, 2.75) is 32.0 Å². The van der Waals surface area contributed by atoms with Crippen molar-refractivity contribution in [2.75, 3.05) is 11.9 Å². The van der Waals surface area contributed by atoms with Crippen molar-refractivity contribution in [2.24, 2.45) is 0 Å². The molecule has 0 atom stereocenters. The van der Waals surface area contributed by atoms with Gasteiger partial charge in [-0.15, -0.1) is 0 Å². The number of nitrogens with zero attached hydrogens (tertiary/aromatic N) is 3. The van der Waals surface area contributed by atoms with Crippen molar-refractivity contribution in [1.82, 2.24) is 9.13 Å². The summed E-state index contributed by atoms with van der Waals surface area (Å²) in [5.74, 6) is -1.82. The first-order valence-corrected chi connectivity index (χ1v) is 10.9. The lowest BCUT2D eigenvalue weighted by Crippen LogP contribution is -2.42. The lowest BCUT2D eigenvalue weighted by Gasteiger charge is -2.16. The average Bonchev–Trinajstić information content (AvgIpc) is 2.96. The summed E-state index contributed by atoms with van der Waals surface area (Å²) in [6, 6.07) is 7.65.